The maximum absolute atomic E-state index is 13.7. The highest BCUT2D eigenvalue weighted by molar-refractivity contribution is 7.13. The zero-order chi connectivity index (χ0) is 21.9. The first-order valence-electron chi connectivity index (χ1n) is 10.4. The van der Waals surface area contributed by atoms with Gasteiger partial charge in [-0.3, -0.25) is 9.59 Å². The molecule has 30 heavy (non-hydrogen) atoms. The van der Waals surface area contributed by atoms with E-state index in [4.69, 9.17) is 4.74 Å². The number of carbonyl (C=O) groups excluding carboxylic acids is 2. The molecule has 2 heterocycles. The summed E-state index contributed by atoms with van der Waals surface area (Å²) in [7, 11) is 0. The molecule has 0 bridgehead atoms. The quantitative estimate of drug-likeness (QED) is 0.752. The van der Waals surface area contributed by atoms with E-state index in [1.165, 1.54) is 11.3 Å². The zero-order valence-electron chi connectivity index (χ0n) is 18.4. The number of aryl methyl sites for hydroxylation is 2. The number of nitrogens with one attached hydrogen (secondary N) is 1. The summed E-state index contributed by atoms with van der Waals surface area (Å²) in [5.74, 6) is -0.370. The van der Waals surface area contributed by atoms with Gasteiger partial charge in [0, 0.05) is 18.7 Å². The summed E-state index contributed by atoms with van der Waals surface area (Å²) in [6.45, 7) is 10.6. The van der Waals surface area contributed by atoms with Crippen LogP contribution in [0.3, 0.4) is 0 Å². The van der Waals surface area contributed by atoms with E-state index in [1.807, 2.05) is 65.0 Å². The Morgan fingerprint density at radius 1 is 1.27 bits per heavy atom. The van der Waals surface area contributed by atoms with Crippen LogP contribution in [0.25, 0.3) is 0 Å². The summed E-state index contributed by atoms with van der Waals surface area (Å²) >= 11 is 1.37. The van der Waals surface area contributed by atoms with E-state index in [9.17, 15) is 9.59 Å². The first-order chi connectivity index (χ1) is 14.2. The molecule has 0 aliphatic carbocycles. The lowest BCUT2D eigenvalue weighted by Gasteiger charge is -2.34. The molecule has 7 heteroatoms. The Kier molecular flexibility index (Phi) is 6.93. The second kappa shape index (κ2) is 9.27. The lowest BCUT2D eigenvalue weighted by atomic mass is 10.0. The van der Waals surface area contributed by atoms with Crippen molar-refractivity contribution in [2.75, 3.05) is 13.2 Å². The standard InChI is InChI=1S/C23H31N3O3S/c1-15-20(30-16(2)24-15)22(28)26(14-18-12-9-13-29-18)19(17-10-7-6-8-11-17)21(27)25-23(3,4)5/h6-8,10-11,18-19H,9,12-14H2,1-5H3,(H,25,27). The number of ether oxygens (including phenoxy) is 1. The Morgan fingerprint density at radius 2 is 1.97 bits per heavy atom. The van der Waals surface area contributed by atoms with Gasteiger partial charge >= 0.3 is 0 Å². The average molecular weight is 430 g/mol. The van der Waals surface area contributed by atoms with Crippen LogP contribution >= 0.6 is 11.3 Å². The van der Waals surface area contributed by atoms with Crippen LogP contribution < -0.4 is 5.32 Å². The van der Waals surface area contributed by atoms with Gasteiger partial charge in [-0.05, 0) is 53.0 Å². The second-order valence-electron chi connectivity index (χ2n) is 8.79. The van der Waals surface area contributed by atoms with Gasteiger partial charge < -0.3 is 15.0 Å². The number of nitrogens with zero attached hydrogens (tertiary/aromatic N) is 2. The summed E-state index contributed by atoms with van der Waals surface area (Å²) in [6, 6.07) is 8.74. The number of hydrogen-bond acceptors (Lipinski definition) is 5. The van der Waals surface area contributed by atoms with E-state index < -0.39 is 11.6 Å². The summed E-state index contributed by atoms with van der Waals surface area (Å²) in [5.41, 5.74) is 1.06. The van der Waals surface area contributed by atoms with Gasteiger partial charge in [0.1, 0.15) is 10.9 Å². The maximum atomic E-state index is 13.7. The van der Waals surface area contributed by atoms with Crippen LogP contribution in [0.2, 0.25) is 0 Å². The van der Waals surface area contributed by atoms with Gasteiger partial charge in [0.05, 0.1) is 16.8 Å². The van der Waals surface area contributed by atoms with Crippen LogP contribution in [-0.2, 0) is 9.53 Å². The molecule has 3 rings (SSSR count). The molecule has 1 aromatic carbocycles. The van der Waals surface area contributed by atoms with Crippen LogP contribution in [-0.4, -0.2) is 46.5 Å². The number of benzene rings is 1. The fourth-order valence-electron chi connectivity index (χ4n) is 3.72. The van der Waals surface area contributed by atoms with Gasteiger partial charge in [-0.2, -0.15) is 0 Å². The summed E-state index contributed by atoms with van der Waals surface area (Å²) in [5, 5.41) is 3.90. The van der Waals surface area contributed by atoms with Crippen molar-refractivity contribution in [1.82, 2.24) is 15.2 Å². The minimum absolute atomic E-state index is 0.0723. The number of rotatable bonds is 6. The van der Waals surface area contributed by atoms with Gasteiger partial charge in [-0.25, -0.2) is 4.98 Å². The van der Waals surface area contributed by atoms with Crippen LogP contribution in [0.5, 0.6) is 0 Å². The van der Waals surface area contributed by atoms with Crippen LogP contribution in [0.15, 0.2) is 30.3 Å². The molecular formula is C23H31N3O3S. The Hall–Kier alpha value is -2.25. The van der Waals surface area contributed by atoms with Crippen molar-refractivity contribution in [3.05, 3.63) is 51.5 Å². The van der Waals surface area contributed by atoms with Crippen molar-refractivity contribution in [3.63, 3.8) is 0 Å². The first-order valence-corrected chi connectivity index (χ1v) is 11.2. The molecule has 1 aromatic heterocycles. The van der Waals surface area contributed by atoms with Crippen molar-refractivity contribution in [2.24, 2.45) is 0 Å². The fraction of sp³-hybridized carbons (Fsp3) is 0.522. The maximum Gasteiger partial charge on any atom is 0.266 e. The van der Waals surface area contributed by atoms with Gasteiger partial charge in [-0.15, -0.1) is 11.3 Å². The van der Waals surface area contributed by atoms with Gasteiger partial charge in [-0.1, -0.05) is 30.3 Å². The van der Waals surface area contributed by atoms with E-state index in [0.29, 0.717) is 23.7 Å². The van der Waals surface area contributed by atoms with Crippen molar-refractivity contribution in [3.8, 4) is 0 Å². The minimum atomic E-state index is -0.746. The van der Waals surface area contributed by atoms with Gasteiger partial charge in [0.2, 0.25) is 5.91 Å². The lowest BCUT2D eigenvalue weighted by molar-refractivity contribution is -0.127. The van der Waals surface area contributed by atoms with Crippen LogP contribution in [0.4, 0.5) is 0 Å². The molecule has 1 fully saturated rings. The van der Waals surface area contributed by atoms with Crippen molar-refractivity contribution in [2.45, 2.75) is 65.1 Å². The smallest absolute Gasteiger partial charge is 0.266 e. The Labute approximate surface area is 182 Å². The third-order valence-electron chi connectivity index (χ3n) is 4.96. The molecule has 6 nitrogen and oxygen atoms in total. The SMILES string of the molecule is Cc1nc(C)c(C(=O)N(CC2CCCO2)C(C(=O)NC(C)(C)C)c2ccccc2)s1. The summed E-state index contributed by atoms with van der Waals surface area (Å²) < 4.78 is 5.83. The molecule has 2 atom stereocenters. The Morgan fingerprint density at radius 3 is 2.50 bits per heavy atom. The Bertz CT molecular complexity index is 883. The predicted molar refractivity (Wildman–Crippen MR) is 119 cm³/mol. The number of hydrogen-bond donors (Lipinski definition) is 1. The largest absolute Gasteiger partial charge is 0.376 e. The third-order valence-corrected chi connectivity index (χ3v) is 6.02. The summed E-state index contributed by atoms with van der Waals surface area (Å²) in [4.78, 5) is 33.8. The molecule has 1 saturated heterocycles. The third kappa shape index (κ3) is 5.46. The molecule has 2 amide bonds. The molecule has 1 aliphatic heterocycles. The molecule has 2 unspecified atom stereocenters. The fourth-order valence-corrected chi connectivity index (χ4v) is 4.60. The molecule has 0 radical (unpaired) electrons. The molecular weight excluding hydrogens is 398 g/mol. The second-order valence-corrected chi connectivity index (χ2v) is 10.00. The summed E-state index contributed by atoms with van der Waals surface area (Å²) in [6.07, 6.45) is 1.78. The lowest BCUT2D eigenvalue weighted by Crippen LogP contribution is -2.50. The van der Waals surface area contributed by atoms with Gasteiger partial charge in [0.25, 0.3) is 5.91 Å². The Balaban J connectivity index is 2.04. The predicted octanol–water partition coefficient (Wildman–Crippen LogP) is 4.04. The van der Waals surface area contributed by atoms with Crippen molar-refractivity contribution < 1.29 is 14.3 Å². The molecule has 1 aliphatic rings. The molecule has 162 valence electrons. The zero-order valence-corrected chi connectivity index (χ0v) is 19.2. The monoisotopic (exact) mass is 429 g/mol. The highest BCUT2D eigenvalue weighted by Crippen LogP contribution is 2.29. The van der Waals surface area contributed by atoms with Crippen molar-refractivity contribution >= 4 is 23.2 Å². The van der Waals surface area contributed by atoms with E-state index in [1.54, 1.807) is 4.90 Å². The van der Waals surface area contributed by atoms with E-state index in [2.05, 4.69) is 10.3 Å². The van der Waals surface area contributed by atoms with Crippen LogP contribution in [0.1, 0.15) is 65.6 Å². The highest BCUT2D eigenvalue weighted by Gasteiger charge is 2.37. The topological polar surface area (TPSA) is 71.5 Å². The normalized spacial score (nSPS) is 17.6. The van der Waals surface area contributed by atoms with Gasteiger partial charge in [0.15, 0.2) is 0 Å². The van der Waals surface area contributed by atoms with E-state index in [-0.39, 0.29) is 17.9 Å². The van der Waals surface area contributed by atoms with E-state index >= 15 is 0 Å². The average Bonchev–Trinajstić information content (AvgIpc) is 3.29. The molecule has 0 spiro atoms. The highest BCUT2D eigenvalue weighted by atomic mass is 32.1. The molecule has 1 N–H and O–H groups in total. The molecule has 0 saturated carbocycles. The number of amides is 2. The number of aromatic nitrogens is 1. The number of carbonyl (C=O) groups is 2. The first kappa shape index (κ1) is 22.4. The number of thiazole rings is 1. The van der Waals surface area contributed by atoms with Crippen molar-refractivity contribution in [1.29, 1.82) is 0 Å². The van der Waals surface area contributed by atoms with Crippen LogP contribution in [0, 0.1) is 13.8 Å². The minimum Gasteiger partial charge on any atom is -0.376 e. The van der Waals surface area contributed by atoms with E-state index in [0.717, 1.165) is 23.4 Å². The molecule has 2 aromatic rings.